The molecule has 2 amide bonds. The highest BCUT2D eigenvalue weighted by atomic mass is 79.9. The van der Waals surface area contributed by atoms with Gasteiger partial charge in [-0.3, -0.25) is 9.59 Å². The molecule has 0 spiro atoms. The Balaban J connectivity index is 1.56. The maximum absolute atomic E-state index is 12.4. The summed E-state index contributed by atoms with van der Waals surface area (Å²) in [6.45, 7) is 1.20. The Morgan fingerprint density at radius 1 is 1.25 bits per heavy atom. The van der Waals surface area contributed by atoms with Gasteiger partial charge in [0.05, 0.1) is 22.4 Å². The minimum atomic E-state index is -0.194. The summed E-state index contributed by atoms with van der Waals surface area (Å²) in [5.74, 6) is -0.232. The molecule has 7 heteroatoms. The number of nitrogens with zero attached hydrogens (tertiary/aromatic N) is 1. The lowest BCUT2D eigenvalue weighted by atomic mass is 10.0. The van der Waals surface area contributed by atoms with E-state index >= 15 is 0 Å². The lowest BCUT2D eigenvalue weighted by molar-refractivity contribution is 0.0697. The Hall–Kier alpha value is -1.79. The van der Waals surface area contributed by atoms with Crippen LogP contribution in [-0.4, -0.2) is 35.8 Å². The summed E-state index contributed by atoms with van der Waals surface area (Å²) in [4.78, 5) is 26.4. The van der Waals surface area contributed by atoms with Gasteiger partial charge >= 0.3 is 0 Å². The van der Waals surface area contributed by atoms with E-state index in [1.165, 1.54) is 12.5 Å². The van der Waals surface area contributed by atoms with Gasteiger partial charge in [0.1, 0.15) is 6.26 Å². The Morgan fingerprint density at radius 3 is 2.67 bits per heavy atom. The first-order valence-electron chi connectivity index (χ1n) is 7.62. The quantitative estimate of drug-likeness (QED) is 0.837. The van der Waals surface area contributed by atoms with Gasteiger partial charge in [0.25, 0.3) is 11.8 Å². The fourth-order valence-electron chi connectivity index (χ4n) is 2.73. The van der Waals surface area contributed by atoms with Gasteiger partial charge in [0, 0.05) is 23.6 Å². The summed E-state index contributed by atoms with van der Waals surface area (Å²) in [6, 6.07) is 6.87. The Kier molecular flexibility index (Phi) is 5.26. The molecule has 0 unspecified atom stereocenters. The number of carbonyl (C=O) groups is 2. The van der Waals surface area contributed by atoms with Crippen molar-refractivity contribution in [1.29, 1.82) is 0 Å². The number of halogens is 2. The molecule has 0 bridgehead atoms. The number of benzene rings is 1. The van der Waals surface area contributed by atoms with E-state index in [2.05, 4.69) is 21.2 Å². The fraction of sp³-hybridized carbons (Fsp3) is 0.294. The van der Waals surface area contributed by atoms with E-state index in [1.807, 2.05) is 0 Å². The summed E-state index contributed by atoms with van der Waals surface area (Å²) in [5, 5.41) is 3.42. The van der Waals surface area contributed by atoms with E-state index in [1.54, 1.807) is 29.2 Å². The number of hydrogen-bond donors (Lipinski definition) is 1. The first-order chi connectivity index (χ1) is 11.5. The third-order valence-electron chi connectivity index (χ3n) is 4.06. The molecule has 2 aromatic rings. The molecule has 1 aromatic carbocycles. The van der Waals surface area contributed by atoms with Crippen molar-refractivity contribution in [2.45, 2.75) is 18.9 Å². The largest absolute Gasteiger partial charge is 0.472 e. The molecule has 1 fully saturated rings. The van der Waals surface area contributed by atoms with Crippen molar-refractivity contribution in [2.75, 3.05) is 13.1 Å². The van der Waals surface area contributed by atoms with Crippen molar-refractivity contribution in [1.82, 2.24) is 10.2 Å². The summed E-state index contributed by atoms with van der Waals surface area (Å²) < 4.78 is 5.75. The van der Waals surface area contributed by atoms with E-state index in [9.17, 15) is 9.59 Å². The topological polar surface area (TPSA) is 62.6 Å². The molecule has 1 aromatic heterocycles. The molecule has 1 N–H and O–H groups in total. The minimum Gasteiger partial charge on any atom is -0.472 e. The van der Waals surface area contributed by atoms with Crippen molar-refractivity contribution in [3.63, 3.8) is 0 Å². The van der Waals surface area contributed by atoms with Gasteiger partial charge in [-0.1, -0.05) is 27.5 Å². The molecule has 0 atom stereocenters. The predicted octanol–water partition coefficient (Wildman–Crippen LogP) is 3.73. The zero-order valence-corrected chi connectivity index (χ0v) is 15.1. The lowest BCUT2D eigenvalue weighted by Crippen LogP contribution is -2.46. The fourth-order valence-corrected chi connectivity index (χ4v) is 3.29. The van der Waals surface area contributed by atoms with Crippen molar-refractivity contribution in [3.05, 3.63) is 57.4 Å². The van der Waals surface area contributed by atoms with Crippen molar-refractivity contribution >= 4 is 39.3 Å². The highest BCUT2D eigenvalue weighted by Gasteiger charge is 2.25. The van der Waals surface area contributed by atoms with E-state index in [-0.39, 0.29) is 17.9 Å². The van der Waals surface area contributed by atoms with Crippen LogP contribution < -0.4 is 5.32 Å². The normalized spacial score (nSPS) is 15.3. The third kappa shape index (κ3) is 3.82. The number of nitrogens with one attached hydrogen (secondary N) is 1. The Bertz CT molecular complexity index is 740. The van der Waals surface area contributed by atoms with Gasteiger partial charge < -0.3 is 14.6 Å². The average molecular weight is 412 g/mol. The molecule has 1 saturated heterocycles. The minimum absolute atomic E-state index is 0.0287. The average Bonchev–Trinajstić information content (AvgIpc) is 3.11. The molecular weight excluding hydrogens is 396 g/mol. The number of carbonyl (C=O) groups excluding carboxylic acids is 2. The lowest BCUT2D eigenvalue weighted by Gasteiger charge is -2.32. The molecule has 3 rings (SSSR count). The zero-order valence-electron chi connectivity index (χ0n) is 12.8. The molecule has 0 radical (unpaired) electrons. The number of piperidine rings is 1. The second-order valence-corrected chi connectivity index (χ2v) is 7.00. The van der Waals surface area contributed by atoms with Crippen LogP contribution in [0.3, 0.4) is 0 Å². The van der Waals surface area contributed by atoms with Crippen LogP contribution in [0.25, 0.3) is 0 Å². The standard InChI is InChI=1S/C17H16BrClN2O3/c18-12-1-2-15(19)14(9-12)16(22)20-13-3-6-21(7-4-13)17(23)11-5-8-24-10-11/h1-2,5,8-10,13H,3-4,6-7H2,(H,20,22). The van der Waals surface area contributed by atoms with Crippen LogP contribution >= 0.6 is 27.5 Å². The molecule has 24 heavy (non-hydrogen) atoms. The van der Waals surface area contributed by atoms with Crippen LogP contribution in [0, 0.1) is 0 Å². The number of hydrogen-bond acceptors (Lipinski definition) is 3. The van der Waals surface area contributed by atoms with Crippen LogP contribution in [0.2, 0.25) is 5.02 Å². The van der Waals surface area contributed by atoms with Crippen LogP contribution in [0.5, 0.6) is 0 Å². The Morgan fingerprint density at radius 2 is 2.00 bits per heavy atom. The van der Waals surface area contributed by atoms with Gasteiger partial charge in [-0.05, 0) is 37.1 Å². The highest BCUT2D eigenvalue weighted by Crippen LogP contribution is 2.22. The van der Waals surface area contributed by atoms with Crippen molar-refractivity contribution in [2.24, 2.45) is 0 Å². The summed E-state index contributed by atoms with van der Waals surface area (Å²) in [7, 11) is 0. The molecule has 0 saturated carbocycles. The van der Waals surface area contributed by atoms with Crippen LogP contribution in [0.15, 0.2) is 45.7 Å². The Labute approximate surface area is 153 Å². The highest BCUT2D eigenvalue weighted by molar-refractivity contribution is 9.10. The second-order valence-electron chi connectivity index (χ2n) is 5.68. The van der Waals surface area contributed by atoms with E-state index in [0.717, 1.165) is 4.47 Å². The second kappa shape index (κ2) is 7.40. The first-order valence-corrected chi connectivity index (χ1v) is 8.79. The van der Waals surface area contributed by atoms with Crippen molar-refractivity contribution in [3.8, 4) is 0 Å². The predicted molar refractivity (Wildman–Crippen MR) is 94.3 cm³/mol. The molecule has 5 nitrogen and oxygen atoms in total. The smallest absolute Gasteiger partial charge is 0.257 e. The molecule has 126 valence electrons. The summed E-state index contributed by atoms with van der Waals surface area (Å²) in [5.41, 5.74) is 1.00. The molecule has 2 heterocycles. The van der Waals surface area contributed by atoms with Gasteiger partial charge in [-0.25, -0.2) is 0 Å². The maximum atomic E-state index is 12.4. The number of rotatable bonds is 3. The molecule has 0 aliphatic carbocycles. The zero-order chi connectivity index (χ0) is 17.1. The molecule has 1 aliphatic heterocycles. The number of furan rings is 1. The number of likely N-dealkylation sites (tertiary alicyclic amines) is 1. The third-order valence-corrected chi connectivity index (χ3v) is 4.88. The SMILES string of the molecule is O=C(NC1CCN(C(=O)c2ccoc2)CC1)c1cc(Br)ccc1Cl. The van der Waals surface area contributed by atoms with Gasteiger partial charge in [0.15, 0.2) is 0 Å². The van der Waals surface area contributed by atoms with Crippen LogP contribution in [-0.2, 0) is 0 Å². The maximum Gasteiger partial charge on any atom is 0.257 e. The van der Waals surface area contributed by atoms with E-state index in [0.29, 0.717) is 42.1 Å². The molecular formula is C17H16BrClN2O3. The van der Waals surface area contributed by atoms with Gasteiger partial charge in [-0.15, -0.1) is 0 Å². The van der Waals surface area contributed by atoms with Gasteiger partial charge in [-0.2, -0.15) is 0 Å². The monoisotopic (exact) mass is 410 g/mol. The van der Waals surface area contributed by atoms with Crippen molar-refractivity contribution < 1.29 is 14.0 Å². The van der Waals surface area contributed by atoms with Crippen LogP contribution in [0.1, 0.15) is 33.6 Å². The summed E-state index contributed by atoms with van der Waals surface area (Å²) >= 11 is 9.43. The summed E-state index contributed by atoms with van der Waals surface area (Å²) in [6.07, 6.45) is 4.36. The van der Waals surface area contributed by atoms with Gasteiger partial charge in [0.2, 0.25) is 0 Å². The number of amides is 2. The van der Waals surface area contributed by atoms with E-state index in [4.69, 9.17) is 16.0 Å². The molecule has 1 aliphatic rings. The first kappa shape index (κ1) is 17.0. The van der Waals surface area contributed by atoms with E-state index < -0.39 is 0 Å². The van der Waals surface area contributed by atoms with Crippen LogP contribution in [0.4, 0.5) is 0 Å².